The summed E-state index contributed by atoms with van der Waals surface area (Å²) in [7, 11) is -3.64. The quantitative estimate of drug-likeness (QED) is 0.517. The molecule has 0 amide bonds. The number of rotatable bonds is 6. The first kappa shape index (κ1) is 24.0. The van der Waals surface area contributed by atoms with Gasteiger partial charge in [-0.05, 0) is 68.9 Å². The minimum atomic E-state index is -3.64. The number of benzene rings is 2. The molecule has 2 saturated heterocycles. The minimum Gasteiger partial charge on any atom is -0.353 e. The maximum absolute atomic E-state index is 13.5. The van der Waals surface area contributed by atoms with Gasteiger partial charge in [-0.15, -0.1) is 0 Å². The van der Waals surface area contributed by atoms with Crippen LogP contribution in [0.3, 0.4) is 0 Å². The van der Waals surface area contributed by atoms with Crippen LogP contribution >= 0.6 is 23.2 Å². The van der Waals surface area contributed by atoms with Crippen molar-refractivity contribution in [3.05, 3.63) is 64.1 Å². The first-order valence-electron chi connectivity index (χ1n) is 11.1. The molecule has 8 heteroatoms. The molecule has 2 fully saturated rings. The maximum Gasteiger partial charge on any atom is 0.243 e. The lowest BCUT2D eigenvalue weighted by atomic mass is 9.71. The summed E-state index contributed by atoms with van der Waals surface area (Å²) in [4.78, 5) is 0.300. The molecular formula is C24H29Cl2NO4S. The number of hydrogen-bond donors (Lipinski definition) is 0. The van der Waals surface area contributed by atoms with Crippen LogP contribution in [0.1, 0.15) is 44.6 Å². The van der Waals surface area contributed by atoms with Crippen LogP contribution in [0, 0.1) is 0 Å². The molecule has 0 saturated carbocycles. The third-order valence-electron chi connectivity index (χ3n) is 6.64. The smallest absolute Gasteiger partial charge is 0.243 e. The number of ether oxygens (including phenoxy) is 2. The Hall–Kier alpha value is -1.15. The van der Waals surface area contributed by atoms with E-state index in [9.17, 15) is 8.42 Å². The Kier molecular flexibility index (Phi) is 7.50. The molecule has 0 aromatic heterocycles. The fourth-order valence-electron chi connectivity index (χ4n) is 4.77. The molecule has 2 aromatic rings. The van der Waals surface area contributed by atoms with Gasteiger partial charge in [-0.25, -0.2) is 8.42 Å². The van der Waals surface area contributed by atoms with E-state index in [0.717, 1.165) is 31.2 Å². The molecule has 4 rings (SSSR count). The molecule has 5 nitrogen and oxygen atoms in total. The van der Waals surface area contributed by atoms with Crippen LogP contribution in [0.15, 0.2) is 53.4 Å². The van der Waals surface area contributed by atoms with E-state index < -0.39 is 15.4 Å². The fraction of sp³-hybridized carbons (Fsp3) is 0.500. The molecule has 2 aromatic carbocycles. The summed E-state index contributed by atoms with van der Waals surface area (Å²) in [5, 5.41) is 0.923. The third kappa shape index (κ3) is 4.86. The Balaban J connectivity index is 1.70. The second-order valence-corrected chi connectivity index (χ2v) is 11.4. The highest BCUT2D eigenvalue weighted by Gasteiger charge is 2.46. The highest BCUT2D eigenvalue weighted by atomic mass is 35.5. The van der Waals surface area contributed by atoms with Crippen LogP contribution in [-0.2, 0) is 24.9 Å². The zero-order chi connectivity index (χ0) is 22.8. The van der Waals surface area contributed by atoms with Crippen LogP contribution in [0.25, 0.3) is 0 Å². The standard InChI is InChI=1S/C24H29Cl2NO4S/c1-18(31-23-10-5-6-15-30-23)24(19-11-12-21(25)22(26)16-19)13-7-14-27(17-24)32(28,29)20-8-3-2-4-9-20/h2-4,8-9,11-12,16,18,23H,5-7,10,13-15,17H2,1H3. The summed E-state index contributed by atoms with van der Waals surface area (Å²) in [6.07, 6.45) is 3.87. The van der Waals surface area contributed by atoms with E-state index in [2.05, 4.69) is 0 Å². The van der Waals surface area contributed by atoms with Crippen molar-refractivity contribution in [1.29, 1.82) is 0 Å². The van der Waals surface area contributed by atoms with Crippen molar-refractivity contribution in [2.75, 3.05) is 19.7 Å². The van der Waals surface area contributed by atoms with Gasteiger partial charge in [-0.3, -0.25) is 0 Å². The van der Waals surface area contributed by atoms with Crippen LogP contribution in [0.4, 0.5) is 0 Å². The van der Waals surface area contributed by atoms with Crippen molar-refractivity contribution in [3.8, 4) is 0 Å². The topological polar surface area (TPSA) is 55.8 Å². The number of sulfonamides is 1. The van der Waals surface area contributed by atoms with Gasteiger partial charge in [0.15, 0.2) is 6.29 Å². The Morgan fingerprint density at radius 2 is 1.88 bits per heavy atom. The van der Waals surface area contributed by atoms with Crippen molar-refractivity contribution in [2.24, 2.45) is 0 Å². The van der Waals surface area contributed by atoms with Crippen molar-refractivity contribution < 1.29 is 17.9 Å². The SMILES string of the molecule is CC(OC1CCCCO1)C1(c2ccc(Cl)c(Cl)c2)CCCN(S(=O)(=O)c2ccccc2)C1. The number of hydrogen-bond acceptors (Lipinski definition) is 4. The summed E-state index contributed by atoms with van der Waals surface area (Å²) in [6, 6.07) is 14.1. The highest BCUT2D eigenvalue weighted by Crippen LogP contribution is 2.42. The van der Waals surface area contributed by atoms with Gasteiger partial charge < -0.3 is 9.47 Å². The molecule has 2 aliphatic rings. The average molecular weight is 498 g/mol. The third-order valence-corrected chi connectivity index (χ3v) is 9.23. The summed E-state index contributed by atoms with van der Waals surface area (Å²) >= 11 is 12.6. The predicted octanol–water partition coefficient (Wildman–Crippen LogP) is 5.65. The van der Waals surface area contributed by atoms with Gasteiger partial charge in [-0.2, -0.15) is 4.31 Å². The average Bonchev–Trinajstić information content (AvgIpc) is 2.82. The Labute approximate surface area is 200 Å². The molecule has 2 aliphatic heterocycles. The highest BCUT2D eigenvalue weighted by molar-refractivity contribution is 7.89. The maximum atomic E-state index is 13.5. The van der Waals surface area contributed by atoms with Crippen molar-refractivity contribution in [3.63, 3.8) is 0 Å². The molecule has 0 bridgehead atoms. The first-order valence-corrected chi connectivity index (χ1v) is 13.3. The zero-order valence-electron chi connectivity index (χ0n) is 18.2. The number of piperidine rings is 1. The molecule has 32 heavy (non-hydrogen) atoms. The van der Waals surface area contributed by atoms with E-state index in [1.807, 2.05) is 25.1 Å². The van der Waals surface area contributed by atoms with Crippen LogP contribution < -0.4 is 0 Å². The molecule has 0 N–H and O–H groups in total. The summed E-state index contributed by atoms with van der Waals surface area (Å²) in [6.45, 7) is 3.47. The minimum absolute atomic E-state index is 0.278. The predicted molar refractivity (Wildman–Crippen MR) is 127 cm³/mol. The summed E-state index contributed by atoms with van der Waals surface area (Å²) in [5.41, 5.74) is 0.359. The van der Waals surface area contributed by atoms with Crippen molar-refractivity contribution in [2.45, 2.75) is 61.7 Å². The summed E-state index contributed by atoms with van der Waals surface area (Å²) < 4.78 is 40.7. The number of nitrogens with zero attached hydrogens (tertiary/aromatic N) is 1. The lowest BCUT2D eigenvalue weighted by Crippen LogP contribution is -2.55. The van der Waals surface area contributed by atoms with Crippen LogP contribution in [0.2, 0.25) is 10.0 Å². The Morgan fingerprint density at radius 1 is 1.09 bits per heavy atom. The fourth-order valence-corrected chi connectivity index (χ4v) is 6.64. The molecule has 3 unspecified atom stereocenters. The van der Waals surface area contributed by atoms with E-state index in [-0.39, 0.29) is 12.4 Å². The van der Waals surface area contributed by atoms with Crippen LogP contribution in [-0.4, -0.2) is 44.8 Å². The lowest BCUT2D eigenvalue weighted by Gasteiger charge is -2.47. The second-order valence-electron chi connectivity index (χ2n) is 8.61. The second kappa shape index (κ2) is 10.00. The number of halogens is 2. The molecular weight excluding hydrogens is 469 g/mol. The van der Waals surface area contributed by atoms with E-state index in [1.165, 1.54) is 0 Å². The Morgan fingerprint density at radius 3 is 2.56 bits per heavy atom. The molecule has 0 radical (unpaired) electrons. The first-order chi connectivity index (χ1) is 15.3. The normalized spacial score (nSPS) is 26.0. The Bertz CT molecular complexity index is 1030. The van der Waals surface area contributed by atoms with Gasteiger partial charge >= 0.3 is 0 Å². The van der Waals surface area contributed by atoms with Crippen LogP contribution in [0.5, 0.6) is 0 Å². The molecule has 0 spiro atoms. The van der Waals surface area contributed by atoms with Crippen molar-refractivity contribution in [1.82, 2.24) is 4.31 Å². The zero-order valence-corrected chi connectivity index (χ0v) is 20.5. The molecule has 3 atom stereocenters. The monoisotopic (exact) mass is 497 g/mol. The van der Waals surface area contributed by atoms with Gasteiger partial charge in [0, 0.05) is 25.1 Å². The van der Waals surface area contributed by atoms with E-state index in [4.69, 9.17) is 32.7 Å². The van der Waals surface area contributed by atoms with E-state index in [0.29, 0.717) is 41.1 Å². The molecule has 0 aliphatic carbocycles. The largest absolute Gasteiger partial charge is 0.353 e. The van der Waals surface area contributed by atoms with Gasteiger partial charge in [-0.1, -0.05) is 47.5 Å². The van der Waals surface area contributed by atoms with E-state index in [1.54, 1.807) is 34.6 Å². The summed E-state index contributed by atoms with van der Waals surface area (Å²) in [5.74, 6) is 0. The van der Waals surface area contributed by atoms with Crippen molar-refractivity contribution >= 4 is 33.2 Å². The van der Waals surface area contributed by atoms with E-state index >= 15 is 0 Å². The molecule has 2 heterocycles. The van der Waals surface area contributed by atoms with Gasteiger partial charge in [0.05, 0.1) is 21.0 Å². The lowest BCUT2D eigenvalue weighted by molar-refractivity contribution is -0.201. The van der Waals surface area contributed by atoms with Gasteiger partial charge in [0.1, 0.15) is 0 Å². The van der Waals surface area contributed by atoms with Gasteiger partial charge in [0.25, 0.3) is 0 Å². The molecule has 174 valence electrons. The van der Waals surface area contributed by atoms with Gasteiger partial charge in [0.2, 0.25) is 10.0 Å².